The summed E-state index contributed by atoms with van der Waals surface area (Å²) in [4.78, 5) is 14.1. The van der Waals surface area contributed by atoms with E-state index in [1.807, 2.05) is 4.90 Å². The third kappa shape index (κ3) is 5.53. The third-order valence-corrected chi connectivity index (χ3v) is 3.72. The molecule has 21 heavy (non-hydrogen) atoms. The van der Waals surface area contributed by atoms with E-state index in [0.717, 1.165) is 12.8 Å². The van der Waals surface area contributed by atoms with E-state index in [1.165, 1.54) is 0 Å². The summed E-state index contributed by atoms with van der Waals surface area (Å²) in [5, 5.41) is 12.5. The largest absolute Gasteiger partial charge is 0.397 e. The van der Waals surface area contributed by atoms with Gasteiger partial charge in [-0.25, -0.2) is 0 Å². The molecular formula is C15H24ClN3O2. The first-order valence-electron chi connectivity index (χ1n) is 7.21. The zero-order valence-electron chi connectivity index (χ0n) is 12.6. The van der Waals surface area contributed by atoms with E-state index in [0.29, 0.717) is 22.9 Å². The summed E-state index contributed by atoms with van der Waals surface area (Å²) in [5.41, 5.74) is 6.81. The van der Waals surface area contributed by atoms with Crippen molar-refractivity contribution in [1.29, 1.82) is 0 Å². The Morgan fingerprint density at radius 2 is 2.10 bits per heavy atom. The second kappa shape index (κ2) is 8.87. The molecule has 0 saturated carbocycles. The average Bonchev–Trinajstić information content (AvgIpc) is 2.43. The fourth-order valence-electron chi connectivity index (χ4n) is 2.35. The zero-order valence-corrected chi connectivity index (χ0v) is 13.4. The maximum absolute atomic E-state index is 12.1. The van der Waals surface area contributed by atoms with Crippen LogP contribution in [0.15, 0.2) is 18.2 Å². The molecule has 0 aliphatic rings. The molecule has 1 amide bonds. The van der Waals surface area contributed by atoms with Gasteiger partial charge >= 0.3 is 0 Å². The Bertz CT molecular complexity index is 464. The van der Waals surface area contributed by atoms with Gasteiger partial charge < -0.3 is 16.2 Å². The molecule has 118 valence electrons. The fourth-order valence-corrected chi connectivity index (χ4v) is 2.53. The van der Waals surface area contributed by atoms with E-state index in [9.17, 15) is 4.79 Å². The van der Waals surface area contributed by atoms with Gasteiger partial charge in [0.05, 0.1) is 24.5 Å². The van der Waals surface area contributed by atoms with E-state index in [2.05, 4.69) is 19.2 Å². The highest BCUT2D eigenvalue weighted by molar-refractivity contribution is 6.31. The van der Waals surface area contributed by atoms with Crippen LogP contribution in [0.4, 0.5) is 11.4 Å². The monoisotopic (exact) mass is 313 g/mol. The van der Waals surface area contributed by atoms with Crippen LogP contribution in [0.25, 0.3) is 0 Å². The summed E-state index contributed by atoms with van der Waals surface area (Å²) in [6.07, 6.45) is 1.87. The van der Waals surface area contributed by atoms with Gasteiger partial charge in [0.1, 0.15) is 0 Å². The van der Waals surface area contributed by atoms with Crippen molar-refractivity contribution in [2.45, 2.75) is 32.7 Å². The summed E-state index contributed by atoms with van der Waals surface area (Å²) in [6, 6.07) is 5.25. The molecule has 0 fully saturated rings. The predicted molar refractivity (Wildman–Crippen MR) is 87.5 cm³/mol. The topological polar surface area (TPSA) is 78.6 Å². The lowest BCUT2D eigenvalue weighted by molar-refractivity contribution is -0.118. The van der Waals surface area contributed by atoms with Gasteiger partial charge in [0.2, 0.25) is 5.91 Å². The van der Waals surface area contributed by atoms with Crippen molar-refractivity contribution >= 4 is 28.9 Å². The first-order valence-corrected chi connectivity index (χ1v) is 7.59. The summed E-state index contributed by atoms with van der Waals surface area (Å²) < 4.78 is 0. The molecule has 0 bridgehead atoms. The number of aliphatic hydroxyl groups excluding tert-OH is 1. The summed E-state index contributed by atoms with van der Waals surface area (Å²) in [5.74, 6) is -0.149. The number of nitrogen functional groups attached to an aromatic ring is 1. The zero-order chi connectivity index (χ0) is 15.8. The molecule has 6 heteroatoms. The number of halogens is 1. The minimum atomic E-state index is -0.149. The van der Waals surface area contributed by atoms with Crippen molar-refractivity contribution in [1.82, 2.24) is 4.90 Å². The fraction of sp³-hybridized carbons (Fsp3) is 0.533. The number of nitrogens with zero attached hydrogens (tertiary/aromatic N) is 1. The molecule has 0 aromatic heterocycles. The molecule has 0 heterocycles. The van der Waals surface area contributed by atoms with Crippen LogP contribution in [0.5, 0.6) is 0 Å². The number of benzene rings is 1. The van der Waals surface area contributed by atoms with Crippen LogP contribution in [-0.2, 0) is 4.79 Å². The number of anilines is 2. The van der Waals surface area contributed by atoms with Crippen molar-refractivity contribution in [3.8, 4) is 0 Å². The van der Waals surface area contributed by atoms with Gasteiger partial charge in [-0.05, 0) is 31.0 Å². The minimum absolute atomic E-state index is 0.0346. The molecular weight excluding hydrogens is 290 g/mol. The van der Waals surface area contributed by atoms with Gasteiger partial charge in [0.25, 0.3) is 0 Å². The molecule has 5 nitrogen and oxygen atoms in total. The highest BCUT2D eigenvalue weighted by Gasteiger charge is 2.18. The second-order valence-corrected chi connectivity index (χ2v) is 5.38. The molecule has 0 unspecified atom stereocenters. The van der Waals surface area contributed by atoms with E-state index >= 15 is 0 Å². The highest BCUT2D eigenvalue weighted by Crippen LogP contribution is 2.22. The van der Waals surface area contributed by atoms with Gasteiger partial charge in [-0.3, -0.25) is 9.69 Å². The molecule has 0 aliphatic heterocycles. The summed E-state index contributed by atoms with van der Waals surface area (Å²) >= 11 is 5.83. The molecule has 0 aliphatic carbocycles. The minimum Gasteiger partial charge on any atom is -0.397 e. The molecule has 1 aromatic carbocycles. The molecule has 0 saturated heterocycles. The maximum atomic E-state index is 12.1. The number of nitrogens with one attached hydrogen (secondary N) is 1. The Morgan fingerprint density at radius 3 is 2.62 bits per heavy atom. The molecule has 0 spiro atoms. The SMILES string of the molecule is CCC(CC)N(CCO)CC(=O)Nc1ccc(Cl)cc1N. The number of aliphatic hydroxyl groups is 1. The molecule has 1 rings (SSSR count). The van der Waals surface area contributed by atoms with Crippen LogP contribution in [-0.4, -0.2) is 41.7 Å². The number of hydrogen-bond acceptors (Lipinski definition) is 4. The van der Waals surface area contributed by atoms with Crippen LogP contribution in [0.1, 0.15) is 26.7 Å². The van der Waals surface area contributed by atoms with Crippen molar-refractivity contribution in [2.24, 2.45) is 0 Å². The van der Waals surface area contributed by atoms with Crippen molar-refractivity contribution in [3.63, 3.8) is 0 Å². The molecule has 0 radical (unpaired) electrons. The van der Waals surface area contributed by atoms with Crippen LogP contribution in [0.3, 0.4) is 0 Å². The highest BCUT2D eigenvalue weighted by atomic mass is 35.5. The number of nitrogens with two attached hydrogens (primary N) is 1. The second-order valence-electron chi connectivity index (χ2n) is 4.94. The average molecular weight is 314 g/mol. The first kappa shape index (κ1) is 17.8. The Kier molecular flexibility index (Phi) is 7.50. The molecule has 1 aromatic rings. The summed E-state index contributed by atoms with van der Waals surface area (Å²) in [7, 11) is 0. The van der Waals surface area contributed by atoms with Gasteiger partial charge in [0, 0.05) is 17.6 Å². The van der Waals surface area contributed by atoms with E-state index < -0.39 is 0 Å². The lowest BCUT2D eigenvalue weighted by Crippen LogP contribution is -2.42. The van der Waals surface area contributed by atoms with Gasteiger partial charge in [-0.1, -0.05) is 25.4 Å². The summed E-state index contributed by atoms with van der Waals surface area (Å²) in [6.45, 7) is 4.90. The van der Waals surface area contributed by atoms with Gasteiger partial charge in [-0.15, -0.1) is 0 Å². The van der Waals surface area contributed by atoms with E-state index in [1.54, 1.807) is 18.2 Å². The standard InChI is InChI=1S/C15H24ClN3O2/c1-3-12(4-2)19(7-8-20)10-15(21)18-14-6-5-11(16)9-13(14)17/h5-6,9,12,20H,3-4,7-8,10,17H2,1-2H3,(H,18,21). The Morgan fingerprint density at radius 1 is 1.43 bits per heavy atom. The van der Waals surface area contributed by atoms with Crippen molar-refractivity contribution in [3.05, 3.63) is 23.2 Å². The Labute approximate surface area is 131 Å². The van der Waals surface area contributed by atoms with Crippen molar-refractivity contribution in [2.75, 3.05) is 30.7 Å². The van der Waals surface area contributed by atoms with E-state index in [4.69, 9.17) is 22.4 Å². The van der Waals surface area contributed by atoms with Crippen LogP contribution in [0.2, 0.25) is 5.02 Å². The normalized spacial score (nSPS) is 11.1. The maximum Gasteiger partial charge on any atom is 0.238 e. The lowest BCUT2D eigenvalue weighted by atomic mass is 10.1. The quantitative estimate of drug-likeness (QED) is 0.644. The first-order chi connectivity index (χ1) is 10.0. The van der Waals surface area contributed by atoms with Crippen molar-refractivity contribution < 1.29 is 9.90 Å². The third-order valence-electron chi connectivity index (χ3n) is 3.48. The van der Waals surface area contributed by atoms with Gasteiger partial charge in [0.15, 0.2) is 0 Å². The molecule has 4 N–H and O–H groups in total. The van der Waals surface area contributed by atoms with Crippen LogP contribution >= 0.6 is 11.6 Å². The predicted octanol–water partition coefficient (Wildman–Crippen LogP) is 2.34. The van der Waals surface area contributed by atoms with E-state index in [-0.39, 0.29) is 25.1 Å². The number of amides is 1. The van der Waals surface area contributed by atoms with Crippen LogP contribution in [0, 0.1) is 0 Å². The molecule has 0 atom stereocenters. The Balaban J connectivity index is 2.69. The number of carbonyl (C=O) groups excluding carboxylic acids is 1. The van der Waals surface area contributed by atoms with Gasteiger partial charge in [-0.2, -0.15) is 0 Å². The lowest BCUT2D eigenvalue weighted by Gasteiger charge is -2.29. The number of hydrogen-bond donors (Lipinski definition) is 3. The number of carbonyl (C=O) groups is 1. The Hall–Kier alpha value is -1.30. The number of rotatable bonds is 8. The smallest absolute Gasteiger partial charge is 0.238 e. The van der Waals surface area contributed by atoms with Crippen LogP contribution < -0.4 is 11.1 Å².